The van der Waals surface area contributed by atoms with Crippen LogP contribution in [0.4, 0.5) is 24.5 Å². The molecule has 2 atom stereocenters. The number of nitriles is 1. The van der Waals surface area contributed by atoms with Gasteiger partial charge in [0, 0.05) is 5.69 Å². The highest BCUT2D eigenvalue weighted by molar-refractivity contribution is 5.56. The molecule has 36 heavy (non-hydrogen) atoms. The molecule has 4 rings (SSSR count). The van der Waals surface area contributed by atoms with Crippen LogP contribution in [-0.4, -0.2) is 32.1 Å². The van der Waals surface area contributed by atoms with E-state index in [-0.39, 0.29) is 25.4 Å². The minimum absolute atomic E-state index is 0.118. The Morgan fingerprint density at radius 2 is 1.81 bits per heavy atom. The third kappa shape index (κ3) is 6.14. The summed E-state index contributed by atoms with van der Waals surface area (Å²) < 4.78 is 58.4. The molecule has 3 aromatic rings. The number of benzene rings is 3. The van der Waals surface area contributed by atoms with Gasteiger partial charge >= 0.3 is 6.18 Å². The summed E-state index contributed by atoms with van der Waals surface area (Å²) in [5.41, 5.74) is 0.292. The summed E-state index contributed by atoms with van der Waals surface area (Å²) in [6.07, 6.45) is -5.76. The highest BCUT2D eigenvalue weighted by Gasteiger charge is 2.37. The largest absolute Gasteiger partial charge is 0.491 e. The highest BCUT2D eigenvalue weighted by Crippen LogP contribution is 2.36. The second kappa shape index (κ2) is 11.1. The number of nitrogens with zero attached hydrogens (tertiary/aromatic N) is 3. The van der Waals surface area contributed by atoms with E-state index in [2.05, 4.69) is 4.85 Å². The van der Waals surface area contributed by atoms with Crippen molar-refractivity contribution >= 4 is 11.4 Å². The maximum absolute atomic E-state index is 13.6. The van der Waals surface area contributed by atoms with Gasteiger partial charge in [-0.3, -0.25) is 0 Å². The van der Waals surface area contributed by atoms with Gasteiger partial charge in [0.25, 0.3) is 0 Å². The van der Waals surface area contributed by atoms with E-state index in [0.29, 0.717) is 18.0 Å². The molecule has 3 aromatic carbocycles. The molecule has 0 aromatic heterocycles. The summed E-state index contributed by atoms with van der Waals surface area (Å²) in [6.45, 7) is 7.89. The minimum Gasteiger partial charge on any atom is -0.491 e. The van der Waals surface area contributed by atoms with Crippen molar-refractivity contribution in [3.05, 3.63) is 101 Å². The van der Waals surface area contributed by atoms with Gasteiger partial charge < -0.3 is 19.1 Å². The Bertz CT molecular complexity index is 1250. The molecule has 1 heterocycles. The predicted octanol–water partition coefficient (Wildman–Crippen LogP) is 5.95. The number of anilines is 1. The maximum atomic E-state index is 13.6. The number of hydrogen-bond donors (Lipinski definition) is 0. The summed E-state index contributed by atoms with van der Waals surface area (Å²) in [5, 5.41) is 9.13. The number of alkyl halides is 3. The van der Waals surface area contributed by atoms with Gasteiger partial charge in [0.15, 0.2) is 11.9 Å². The molecule has 9 heteroatoms. The first kappa shape index (κ1) is 25.1. The van der Waals surface area contributed by atoms with E-state index in [4.69, 9.17) is 26.0 Å². The zero-order valence-corrected chi connectivity index (χ0v) is 19.1. The quantitative estimate of drug-likeness (QED) is 0.363. The van der Waals surface area contributed by atoms with Crippen molar-refractivity contribution in [1.82, 2.24) is 0 Å². The molecule has 1 aliphatic rings. The summed E-state index contributed by atoms with van der Waals surface area (Å²) >= 11 is 0. The van der Waals surface area contributed by atoms with E-state index in [0.717, 1.165) is 11.6 Å². The van der Waals surface area contributed by atoms with E-state index in [1.807, 2.05) is 30.3 Å². The van der Waals surface area contributed by atoms with Gasteiger partial charge in [-0.25, -0.2) is 4.85 Å². The second-order valence-corrected chi connectivity index (χ2v) is 8.12. The van der Waals surface area contributed by atoms with Crippen LogP contribution >= 0.6 is 0 Å². The fourth-order valence-electron chi connectivity index (χ4n) is 3.87. The predicted molar refractivity (Wildman–Crippen MR) is 126 cm³/mol. The molecule has 0 saturated carbocycles. The van der Waals surface area contributed by atoms with E-state index in [1.165, 1.54) is 12.1 Å². The average molecular weight is 493 g/mol. The maximum Gasteiger partial charge on any atom is 0.417 e. The third-order valence-electron chi connectivity index (χ3n) is 5.63. The molecular weight excluding hydrogens is 471 g/mol. The Hall–Kier alpha value is -4.05. The molecule has 0 aliphatic carbocycles. The first-order valence-corrected chi connectivity index (χ1v) is 11.1. The topological polar surface area (TPSA) is 59.1 Å². The molecule has 0 spiro atoms. The lowest BCUT2D eigenvalue weighted by Gasteiger charge is -2.26. The summed E-state index contributed by atoms with van der Waals surface area (Å²) in [4.78, 5) is 5.03. The monoisotopic (exact) mass is 493 g/mol. The molecule has 0 amide bonds. The lowest BCUT2D eigenvalue weighted by atomic mass is 10.1. The van der Waals surface area contributed by atoms with E-state index in [9.17, 15) is 13.2 Å². The van der Waals surface area contributed by atoms with E-state index >= 15 is 0 Å². The molecule has 1 fully saturated rings. The number of hydrogen-bond acceptors (Lipinski definition) is 5. The highest BCUT2D eigenvalue weighted by atomic mass is 19.4. The summed E-state index contributed by atoms with van der Waals surface area (Å²) in [5.74, 6) is 0.555. The first-order valence-electron chi connectivity index (χ1n) is 11.1. The summed E-state index contributed by atoms with van der Waals surface area (Å²) in [7, 11) is 0. The van der Waals surface area contributed by atoms with Crippen molar-refractivity contribution in [3.63, 3.8) is 0 Å². The van der Waals surface area contributed by atoms with Crippen LogP contribution in [0.1, 0.15) is 16.7 Å². The number of halogens is 3. The zero-order chi connectivity index (χ0) is 25.5. The Morgan fingerprint density at radius 3 is 2.47 bits per heavy atom. The van der Waals surface area contributed by atoms with Crippen LogP contribution in [-0.2, 0) is 22.3 Å². The lowest BCUT2D eigenvalue weighted by molar-refractivity contribution is -0.137. The molecular formula is C27H22F3N3O3. The number of rotatable bonds is 8. The third-order valence-corrected chi connectivity index (χ3v) is 5.63. The Morgan fingerprint density at radius 1 is 1.06 bits per heavy atom. The van der Waals surface area contributed by atoms with Crippen molar-refractivity contribution in [3.8, 4) is 11.8 Å². The van der Waals surface area contributed by atoms with Crippen molar-refractivity contribution in [2.24, 2.45) is 0 Å². The molecule has 184 valence electrons. The molecule has 1 saturated heterocycles. The molecule has 0 unspecified atom stereocenters. The van der Waals surface area contributed by atoms with Crippen molar-refractivity contribution in [1.29, 1.82) is 5.26 Å². The first-order chi connectivity index (χ1) is 17.4. The fourth-order valence-corrected chi connectivity index (χ4v) is 3.87. The molecule has 0 bridgehead atoms. The lowest BCUT2D eigenvalue weighted by Crippen LogP contribution is -2.34. The van der Waals surface area contributed by atoms with Crippen LogP contribution in [0.15, 0.2) is 72.8 Å². The zero-order valence-electron chi connectivity index (χ0n) is 19.1. The molecule has 0 radical (unpaired) electrons. The van der Waals surface area contributed by atoms with Crippen LogP contribution in [0.2, 0.25) is 0 Å². The Labute approximate surface area is 206 Å². The fraction of sp³-hybridized carbons (Fsp3) is 0.259. The summed E-state index contributed by atoms with van der Waals surface area (Å²) in [6, 6.07) is 21.4. The van der Waals surface area contributed by atoms with Gasteiger partial charge in [-0.1, -0.05) is 42.5 Å². The van der Waals surface area contributed by atoms with Crippen LogP contribution in [0, 0.1) is 17.9 Å². The van der Waals surface area contributed by atoms with Crippen molar-refractivity contribution in [2.45, 2.75) is 25.1 Å². The van der Waals surface area contributed by atoms with Gasteiger partial charge in [0.2, 0.25) is 0 Å². The average Bonchev–Trinajstić information content (AvgIpc) is 3.30. The van der Waals surface area contributed by atoms with Crippen LogP contribution in [0.5, 0.6) is 5.75 Å². The Kier molecular flexibility index (Phi) is 7.74. The standard InChI is InChI=1S/C27H22F3N3O3/c1-32-21-8-11-23(12-9-21)35-17-24-15-33(22-10-7-20(14-31)25(13-22)27(28,29)30)26(36-24)18-34-16-19-5-3-2-4-6-19/h2-13,24,26H,15-18H2/t24-,26+/m0/s1. The molecule has 6 nitrogen and oxygen atoms in total. The van der Waals surface area contributed by atoms with Crippen molar-refractivity contribution < 1.29 is 27.4 Å². The number of ether oxygens (including phenoxy) is 3. The van der Waals surface area contributed by atoms with Gasteiger partial charge in [-0.05, 0) is 35.9 Å². The minimum atomic E-state index is -4.67. The van der Waals surface area contributed by atoms with Crippen LogP contribution < -0.4 is 9.64 Å². The van der Waals surface area contributed by atoms with Gasteiger partial charge in [0.05, 0.1) is 43.5 Å². The van der Waals surface area contributed by atoms with Gasteiger partial charge in [0.1, 0.15) is 18.5 Å². The SMILES string of the molecule is [C-]#[N+]c1ccc(OC[C@@H]2CN(c3ccc(C#N)c(C(F)(F)F)c3)[C@@H](COCc3ccccc3)O2)cc1. The second-order valence-electron chi connectivity index (χ2n) is 8.12. The van der Waals surface area contributed by atoms with Crippen LogP contribution in [0.25, 0.3) is 4.85 Å². The normalized spacial score (nSPS) is 17.4. The van der Waals surface area contributed by atoms with Crippen LogP contribution in [0.3, 0.4) is 0 Å². The Balaban J connectivity index is 1.50. The van der Waals surface area contributed by atoms with Crippen molar-refractivity contribution in [2.75, 3.05) is 24.7 Å². The van der Waals surface area contributed by atoms with E-state index in [1.54, 1.807) is 35.2 Å². The van der Waals surface area contributed by atoms with E-state index < -0.39 is 29.6 Å². The van der Waals surface area contributed by atoms with Gasteiger partial charge in [-0.15, -0.1) is 0 Å². The molecule has 1 aliphatic heterocycles. The molecule has 0 N–H and O–H groups in total. The van der Waals surface area contributed by atoms with Gasteiger partial charge in [-0.2, -0.15) is 18.4 Å². The smallest absolute Gasteiger partial charge is 0.417 e.